The first-order chi connectivity index (χ1) is 6.79. The zero-order valence-corrected chi connectivity index (χ0v) is 8.06. The highest BCUT2D eigenvalue weighted by Crippen LogP contribution is 2.21. The summed E-state index contributed by atoms with van der Waals surface area (Å²) in [5, 5.41) is 18.0. The number of rotatable bonds is 3. The molecule has 1 aromatic carbocycles. The van der Waals surface area contributed by atoms with Crippen molar-refractivity contribution in [1.29, 1.82) is 0 Å². The normalized spacial score (nSPS) is 18.1. The van der Waals surface area contributed by atoms with Crippen molar-refractivity contribution in [2.24, 2.45) is 0 Å². The predicted molar refractivity (Wildman–Crippen MR) is 53.6 cm³/mol. The topological polar surface area (TPSA) is 43.7 Å². The van der Waals surface area contributed by atoms with Crippen LogP contribution in [0.15, 0.2) is 24.3 Å². The summed E-state index contributed by atoms with van der Waals surface area (Å²) in [5.41, 5.74) is 2.66. The Morgan fingerprint density at radius 2 is 1.79 bits per heavy atom. The third-order valence-corrected chi connectivity index (χ3v) is 2.59. The van der Waals surface area contributed by atoms with Gasteiger partial charge in [0.1, 0.15) is 0 Å². The fourth-order valence-electron chi connectivity index (χ4n) is 1.89. The highest BCUT2D eigenvalue weighted by atomic mass is 16.3. The Kier molecular flexibility index (Phi) is 2.82. The van der Waals surface area contributed by atoms with E-state index in [-0.39, 0.29) is 6.61 Å². The first-order valence-corrected chi connectivity index (χ1v) is 4.87. The molecule has 2 rings (SSSR count). The molecule has 1 atom stereocenters. The Morgan fingerprint density at radius 3 is 2.29 bits per heavy atom. The van der Waals surface area contributed by atoms with Crippen LogP contribution in [0.5, 0.6) is 0 Å². The minimum absolute atomic E-state index is 0.160. The highest BCUT2D eigenvalue weighted by molar-refractivity contribution is 5.30. The second kappa shape index (κ2) is 4.09. The van der Waals surface area contributed by atoms with E-state index >= 15 is 0 Å². The van der Waals surface area contributed by atoms with Crippen LogP contribution in [0.2, 0.25) is 0 Å². The lowest BCUT2D eigenvalue weighted by Crippen LogP contribution is -2.30. The van der Waals surface area contributed by atoms with Gasteiger partial charge in [-0.2, -0.15) is 0 Å². The number of hydrogen-bond donors (Lipinski definition) is 2. The van der Waals surface area contributed by atoms with E-state index in [0.717, 1.165) is 13.1 Å². The number of fused-ring (bicyclic) bond motifs is 1. The predicted octanol–water partition coefficient (Wildman–Crippen LogP) is 0.355. The molecule has 3 nitrogen and oxygen atoms in total. The van der Waals surface area contributed by atoms with Crippen LogP contribution in [0.4, 0.5) is 0 Å². The van der Waals surface area contributed by atoms with Crippen molar-refractivity contribution >= 4 is 0 Å². The summed E-state index contributed by atoms with van der Waals surface area (Å²) in [7, 11) is 0. The molecular formula is C11H15NO2. The van der Waals surface area contributed by atoms with Crippen LogP contribution in [0, 0.1) is 0 Å². The molecule has 0 fully saturated rings. The quantitative estimate of drug-likeness (QED) is 0.728. The molecule has 0 saturated heterocycles. The smallest absolute Gasteiger partial charge is 0.0897 e. The number of β-amino-alcohol motifs (C(OH)–C–C–N with tert-alkyl or cyclic N) is 1. The number of aliphatic hydroxyl groups is 2. The van der Waals surface area contributed by atoms with Crippen LogP contribution >= 0.6 is 0 Å². The molecule has 1 aromatic rings. The first-order valence-electron chi connectivity index (χ1n) is 4.87. The zero-order valence-electron chi connectivity index (χ0n) is 8.06. The Bertz CT molecular complexity index is 289. The van der Waals surface area contributed by atoms with E-state index in [2.05, 4.69) is 17.0 Å². The summed E-state index contributed by atoms with van der Waals surface area (Å²) in [6, 6.07) is 8.29. The summed E-state index contributed by atoms with van der Waals surface area (Å²) in [4.78, 5) is 2.14. The standard InChI is InChI=1S/C11H15NO2/c13-8-11(14)7-12-5-9-3-1-2-4-10(9)6-12/h1-4,11,13-14H,5-8H2. The van der Waals surface area contributed by atoms with Crippen LogP contribution in [-0.4, -0.2) is 34.4 Å². The second-order valence-corrected chi connectivity index (χ2v) is 3.77. The molecule has 0 aromatic heterocycles. The van der Waals surface area contributed by atoms with Crippen molar-refractivity contribution in [3.63, 3.8) is 0 Å². The van der Waals surface area contributed by atoms with Crippen molar-refractivity contribution in [3.05, 3.63) is 35.4 Å². The lowest BCUT2D eigenvalue weighted by atomic mass is 10.1. The highest BCUT2D eigenvalue weighted by Gasteiger charge is 2.19. The van der Waals surface area contributed by atoms with Crippen LogP contribution < -0.4 is 0 Å². The van der Waals surface area contributed by atoms with Gasteiger partial charge in [0, 0.05) is 19.6 Å². The van der Waals surface area contributed by atoms with Gasteiger partial charge in [-0.15, -0.1) is 0 Å². The van der Waals surface area contributed by atoms with Gasteiger partial charge >= 0.3 is 0 Å². The maximum absolute atomic E-state index is 9.31. The van der Waals surface area contributed by atoms with Gasteiger partial charge in [0.25, 0.3) is 0 Å². The van der Waals surface area contributed by atoms with Gasteiger partial charge in [0.05, 0.1) is 12.7 Å². The van der Waals surface area contributed by atoms with Crippen molar-refractivity contribution in [2.45, 2.75) is 19.2 Å². The molecule has 0 aliphatic carbocycles. The molecule has 1 aliphatic heterocycles. The number of benzene rings is 1. The summed E-state index contributed by atoms with van der Waals surface area (Å²) < 4.78 is 0. The Balaban J connectivity index is 1.98. The average molecular weight is 193 g/mol. The molecular weight excluding hydrogens is 178 g/mol. The fraction of sp³-hybridized carbons (Fsp3) is 0.455. The van der Waals surface area contributed by atoms with E-state index in [0.29, 0.717) is 6.54 Å². The Hall–Kier alpha value is -0.900. The minimum atomic E-state index is -0.621. The number of nitrogens with zero attached hydrogens (tertiary/aromatic N) is 1. The van der Waals surface area contributed by atoms with Gasteiger partial charge in [-0.25, -0.2) is 0 Å². The van der Waals surface area contributed by atoms with Gasteiger partial charge < -0.3 is 10.2 Å². The largest absolute Gasteiger partial charge is 0.394 e. The zero-order chi connectivity index (χ0) is 9.97. The van der Waals surface area contributed by atoms with E-state index < -0.39 is 6.10 Å². The van der Waals surface area contributed by atoms with Gasteiger partial charge in [0.15, 0.2) is 0 Å². The van der Waals surface area contributed by atoms with Gasteiger partial charge in [-0.1, -0.05) is 24.3 Å². The molecule has 1 unspecified atom stereocenters. The lowest BCUT2D eigenvalue weighted by molar-refractivity contribution is 0.0582. The lowest BCUT2D eigenvalue weighted by Gasteiger charge is -2.17. The molecule has 2 N–H and O–H groups in total. The summed E-state index contributed by atoms with van der Waals surface area (Å²) in [6.45, 7) is 2.15. The third kappa shape index (κ3) is 1.95. The third-order valence-electron chi connectivity index (χ3n) is 2.59. The van der Waals surface area contributed by atoms with Gasteiger partial charge in [0.2, 0.25) is 0 Å². The maximum Gasteiger partial charge on any atom is 0.0897 e. The maximum atomic E-state index is 9.31. The molecule has 0 amide bonds. The van der Waals surface area contributed by atoms with Gasteiger partial charge in [-0.3, -0.25) is 4.90 Å². The molecule has 14 heavy (non-hydrogen) atoms. The van der Waals surface area contributed by atoms with E-state index in [4.69, 9.17) is 5.11 Å². The van der Waals surface area contributed by atoms with E-state index in [1.165, 1.54) is 11.1 Å². The van der Waals surface area contributed by atoms with Crippen molar-refractivity contribution < 1.29 is 10.2 Å². The molecule has 0 bridgehead atoms. The van der Waals surface area contributed by atoms with Crippen LogP contribution in [-0.2, 0) is 13.1 Å². The summed E-state index contributed by atoms with van der Waals surface area (Å²) in [6.07, 6.45) is -0.621. The van der Waals surface area contributed by atoms with Crippen molar-refractivity contribution in [1.82, 2.24) is 4.90 Å². The first kappa shape index (κ1) is 9.65. The SMILES string of the molecule is OCC(O)CN1Cc2ccccc2C1. The van der Waals surface area contributed by atoms with Gasteiger partial charge in [-0.05, 0) is 11.1 Å². The summed E-state index contributed by atoms with van der Waals surface area (Å²) in [5.74, 6) is 0. The Labute approximate surface area is 83.6 Å². The number of hydrogen-bond acceptors (Lipinski definition) is 3. The average Bonchev–Trinajstić information content (AvgIpc) is 2.59. The van der Waals surface area contributed by atoms with Crippen LogP contribution in [0.25, 0.3) is 0 Å². The monoisotopic (exact) mass is 193 g/mol. The Morgan fingerprint density at radius 1 is 1.21 bits per heavy atom. The molecule has 3 heteroatoms. The number of aliphatic hydroxyl groups excluding tert-OH is 2. The molecule has 0 radical (unpaired) electrons. The molecule has 1 heterocycles. The van der Waals surface area contributed by atoms with Crippen molar-refractivity contribution in [3.8, 4) is 0 Å². The van der Waals surface area contributed by atoms with Crippen LogP contribution in [0.1, 0.15) is 11.1 Å². The molecule has 0 saturated carbocycles. The van der Waals surface area contributed by atoms with E-state index in [9.17, 15) is 5.11 Å². The second-order valence-electron chi connectivity index (χ2n) is 3.77. The van der Waals surface area contributed by atoms with E-state index in [1.54, 1.807) is 0 Å². The molecule has 0 spiro atoms. The summed E-state index contributed by atoms with van der Waals surface area (Å²) >= 11 is 0. The van der Waals surface area contributed by atoms with E-state index in [1.807, 2.05) is 12.1 Å². The molecule has 1 aliphatic rings. The fourth-order valence-corrected chi connectivity index (χ4v) is 1.89. The minimum Gasteiger partial charge on any atom is -0.394 e. The molecule has 76 valence electrons. The van der Waals surface area contributed by atoms with Crippen LogP contribution in [0.3, 0.4) is 0 Å². The van der Waals surface area contributed by atoms with Crippen molar-refractivity contribution in [2.75, 3.05) is 13.2 Å².